The first-order valence-corrected chi connectivity index (χ1v) is 6.37. The number of hydrogen-bond donors (Lipinski definition) is 1. The van der Waals surface area contributed by atoms with Crippen molar-refractivity contribution in [2.24, 2.45) is 0 Å². The number of hydrogen-bond acceptors (Lipinski definition) is 4. The van der Waals surface area contributed by atoms with Gasteiger partial charge in [0.15, 0.2) is 0 Å². The molecule has 0 spiro atoms. The normalized spacial score (nSPS) is 10.8. The van der Waals surface area contributed by atoms with Crippen molar-refractivity contribution < 1.29 is 0 Å². The van der Waals surface area contributed by atoms with Crippen LogP contribution < -0.4 is 5.32 Å². The fraction of sp³-hybridized carbons (Fsp3) is 0.333. The molecule has 0 radical (unpaired) electrons. The van der Waals surface area contributed by atoms with Gasteiger partial charge in [-0.25, -0.2) is 9.97 Å². The van der Waals surface area contributed by atoms with E-state index in [2.05, 4.69) is 27.3 Å². The summed E-state index contributed by atoms with van der Waals surface area (Å²) < 4.78 is 0. The van der Waals surface area contributed by atoms with Gasteiger partial charge in [-0.2, -0.15) is 0 Å². The molecule has 0 atom stereocenters. The van der Waals surface area contributed by atoms with E-state index in [1.807, 2.05) is 46.3 Å². The summed E-state index contributed by atoms with van der Waals surface area (Å²) in [5.74, 6) is 1.73. The maximum Gasteiger partial charge on any atom is 0.145 e. The van der Waals surface area contributed by atoms with E-state index in [1.54, 1.807) is 0 Å². The van der Waals surface area contributed by atoms with Crippen LogP contribution in [0.25, 0.3) is 11.3 Å². The van der Waals surface area contributed by atoms with Crippen LogP contribution in [0.3, 0.4) is 0 Å². The van der Waals surface area contributed by atoms with E-state index in [4.69, 9.17) is 4.98 Å². The lowest BCUT2D eigenvalue weighted by molar-refractivity contribution is 0.390. The van der Waals surface area contributed by atoms with Crippen LogP contribution in [0.4, 0.5) is 5.82 Å². The van der Waals surface area contributed by atoms with Gasteiger partial charge in [-0.15, -0.1) is 0 Å². The predicted molar refractivity (Wildman–Crippen MR) is 79.1 cm³/mol. The molecule has 2 rings (SSSR count). The van der Waals surface area contributed by atoms with Crippen molar-refractivity contribution in [2.45, 2.75) is 13.5 Å². The topological polar surface area (TPSA) is 41.1 Å². The molecule has 4 heteroatoms. The molecule has 1 N–H and O–H groups in total. The first-order chi connectivity index (χ1) is 9.11. The van der Waals surface area contributed by atoms with Crippen molar-refractivity contribution in [1.82, 2.24) is 14.9 Å². The highest BCUT2D eigenvalue weighted by molar-refractivity contribution is 5.67. The molecule has 0 amide bonds. The molecule has 0 unspecified atom stereocenters. The fourth-order valence-electron chi connectivity index (χ4n) is 2.04. The molecule has 19 heavy (non-hydrogen) atoms. The van der Waals surface area contributed by atoms with E-state index >= 15 is 0 Å². The summed E-state index contributed by atoms with van der Waals surface area (Å²) in [5, 5.41) is 3.15. The molecule has 0 saturated carbocycles. The maximum absolute atomic E-state index is 4.70. The molecule has 4 nitrogen and oxygen atoms in total. The second kappa shape index (κ2) is 5.80. The van der Waals surface area contributed by atoms with E-state index in [0.29, 0.717) is 0 Å². The van der Waals surface area contributed by atoms with Crippen LogP contribution in [-0.4, -0.2) is 36.0 Å². The number of aromatic nitrogens is 2. The van der Waals surface area contributed by atoms with Gasteiger partial charge in [0.25, 0.3) is 0 Å². The monoisotopic (exact) mass is 256 g/mol. The second-order valence-corrected chi connectivity index (χ2v) is 4.82. The van der Waals surface area contributed by atoms with Gasteiger partial charge in [0, 0.05) is 18.2 Å². The van der Waals surface area contributed by atoms with E-state index in [0.717, 1.165) is 35.0 Å². The fourth-order valence-corrected chi connectivity index (χ4v) is 2.04. The lowest BCUT2D eigenvalue weighted by Crippen LogP contribution is -2.15. The molecule has 1 aromatic heterocycles. The molecular formula is C15H20N4. The third-order valence-electron chi connectivity index (χ3n) is 2.93. The molecule has 100 valence electrons. The molecule has 0 bridgehead atoms. The first kappa shape index (κ1) is 13.5. The predicted octanol–water partition coefficient (Wildman–Crippen LogP) is 2.56. The van der Waals surface area contributed by atoms with Crippen LogP contribution in [0.1, 0.15) is 11.4 Å². The van der Waals surface area contributed by atoms with E-state index in [9.17, 15) is 0 Å². The Morgan fingerprint density at radius 3 is 2.37 bits per heavy atom. The summed E-state index contributed by atoms with van der Waals surface area (Å²) in [6.45, 7) is 2.78. The van der Waals surface area contributed by atoms with Gasteiger partial charge in [0.1, 0.15) is 11.6 Å². The smallest absolute Gasteiger partial charge is 0.145 e. The largest absolute Gasteiger partial charge is 0.373 e. The lowest BCUT2D eigenvalue weighted by Gasteiger charge is -2.14. The van der Waals surface area contributed by atoms with Crippen molar-refractivity contribution in [3.63, 3.8) is 0 Å². The van der Waals surface area contributed by atoms with Crippen molar-refractivity contribution >= 4 is 5.82 Å². The summed E-state index contributed by atoms with van der Waals surface area (Å²) in [4.78, 5) is 11.3. The van der Waals surface area contributed by atoms with Crippen LogP contribution in [0.15, 0.2) is 30.3 Å². The Labute approximate surface area is 114 Å². The van der Waals surface area contributed by atoms with Gasteiger partial charge < -0.3 is 10.2 Å². The van der Waals surface area contributed by atoms with Gasteiger partial charge in [0.05, 0.1) is 12.2 Å². The minimum Gasteiger partial charge on any atom is -0.373 e. The van der Waals surface area contributed by atoms with E-state index in [1.165, 1.54) is 0 Å². The molecule has 2 aromatic rings. The maximum atomic E-state index is 4.70. The van der Waals surface area contributed by atoms with Crippen LogP contribution >= 0.6 is 0 Å². The molecular weight excluding hydrogens is 236 g/mol. The zero-order valence-electron chi connectivity index (χ0n) is 11.9. The first-order valence-electron chi connectivity index (χ1n) is 6.37. The third kappa shape index (κ3) is 3.09. The zero-order chi connectivity index (χ0) is 13.8. The van der Waals surface area contributed by atoms with Gasteiger partial charge in [-0.1, -0.05) is 30.3 Å². The summed E-state index contributed by atoms with van der Waals surface area (Å²) in [7, 11) is 5.93. The van der Waals surface area contributed by atoms with Gasteiger partial charge in [-0.3, -0.25) is 0 Å². The van der Waals surface area contributed by atoms with Crippen LogP contribution in [0.2, 0.25) is 0 Å². The molecule has 0 saturated heterocycles. The quantitative estimate of drug-likeness (QED) is 0.912. The number of anilines is 1. The molecule has 1 aromatic carbocycles. The zero-order valence-corrected chi connectivity index (χ0v) is 11.9. The molecule has 0 fully saturated rings. The SMILES string of the molecule is CNc1nc(CN(C)C)nc(-c2ccccc2)c1C. The Kier molecular flexibility index (Phi) is 4.12. The highest BCUT2D eigenvalue weighted by Crippen LogP contribution is 2.25. The van der Waals surface area contributed by atoms with E-state index in [-0.39, 0.29) is 0 Å². The number of nitrogens with zero attached hydrogens (tertiary/aromatic N) is 3. The van der Waals surface area contributed by atoms with Gasteiger partial charge >= 0.3 is 0 Å². The van der Waals surface area contributed by atoms with Gasteiger partial charge in [0.2, 0.25) is 0 Å². The average molecular weight is 256 g/mol. The Morgan fingerprint density at radius 1 is 1.11 bits per heavy atom. The van der Waals surface area contributed by atoms with Gasteiger partial charge in [-0.05, 0) is 21.0 Å². The molecule has 1 heterocycles. The Hall–Kier alpha value is -1.94. The summed E-state index contributed by atoms with van der Waals surface area (Å²) in [6.07, 6.45) is 0. The molecule has 0 aliphatic heterocycles. The molecule has 0 aliphatic rings. The standard InChI is InChI=1S/C15H20N4/c1-11-14(12-8-6-5-7-9-12)17-13(10-19(3)4)18-15(11)16-2/h5-9H,10H2,1-4H3,(H,16,17,18). The highest BCUT2D eigenvalue weighted by Gasteiger charge is 2.11. The number of rotatable bonds is 4. The second-order valence-electron chi connectivity index (χ2n) is 4.82. The summed E-state index contributed by atoms with van der Waals surface area (Å²) in [5.41, 5.74) is 3.20. The average Bonchev–Trinajstić information content (AvgIpc) is 2.41. The van der Waals surface area contributed by atoms with Crippen molar-refractivity contribution in [1.29, 1.82) is 0 Å². The minimum atomic E-state index is 0.731. The minimum absolute atomic E-state index is 0.731. The Balaban J connectivity index is 2.52. The summed E-state index contributed by atoms with van der Waals surface area (Å²) in [6, 6.07) is 10.2. The van der Waals surface area contributed by atoms with Crippen LogP contribution in [0, 0.1) is 6.92 Å². The number of benzene rings is 1. The van der Waals surface area contributed by atoms with Crippen molar-refractivity contribution in [2.75, 3.05) is 26.5 Å². The third-order valence-corrected chi connectivity index (χ3v) is 2.93. The van der Waals surface area contributed by atoms with Crippen molar-refractivity contribution in [3.8, 4) is 11.3 Å². The van der Waals surface area contributed by atoms with E-state index < -0.39 is 0 Å². The number of nitrogens with one attached hydrogen (secondary N) is 1. The molecule has 0 aliphatic carbocycles. The Morgan fingerprint density at radius 2 is 1.79 bits per heavy atom. The highest BCUT2D eigenvalue weighted by atomic mass is 15.1. The lowest BCUT2D eigenvalue weighted by atomic mass is 10.1. The van der Waals surface area contributed by atoms with Crippen LogP contribution in [0.5, 0.6) is 0 Å². The Bertz CT molecular complexity index is 550. The summed E-state index contributed by atoms with van der Waals surface area (Å²) >= 11 is 0. The van der Waals surface area contributed by atoms with Crippen molar-refractivity contribution in [3.05, 3.63) is 41.7 Å². The van der Waals surface area contributed by atoms with Crippen LogP contribution in [-0.2, 0) is 6.54 Å².